The summed E-state index contributed by atoms with van der Waals surface area (Å²) >= 11 is 0. The van der Waals surface area contributed by atoms with Gasteiger partial charge in [0.1, 0.15) is 5.75 Å². The van der Waals surface area contributed by atoms with E-state index in [1.807, 2.05) is 0 Å². The number of rotatable bonds is 5. The molecule has 0 amide bonds. The molecule has 0 saturated heterocycles. The van der Waals surface area contributed by atoms with E-state index in [9.17, 15) is 0 Å². The summed E-state index contributed by atoms with van der Waals surface area (Å²) in [5.41, 5.74) is 1.47. The lowest BCUT2D eigenvalue weighted by Gasteiger charge is -2.32. The van der Waals surface area contributed by atoms with Crippen molar-refractivity contribution in [1.29, 1.82) is 0 Å². The first kappa shape index (κ1) is 17.3. The van der Waals surface area contributed by atoms with Gasteiger partial charge < -0.3 is 9.64 Å². The molecule has 0 aliphatic heterocycles. The minimum Gasteiger partial charge on any atom is -0.497 e. The molecule has 0 bridgehead atoms. The first-order chi connectivity index (χ1) is 9.20. The molecule has 114 valence electrons. The first-order valence-electron chi connectivity index (χ1n) is 7.49. The number of benzene rings is 1. The van der Waals surface area contributed by atoms with E-state index in [4.69, 9.17) is 4.74 Å². The fourth-order valence-electron chi connectivity index (χ4n) is 3.31. The summed E-state index contributed by atoms with van der Waals surface area (Å²) in [6.07, 6.45) is 7.03. The van der Waals surface area contributed by atoms with Gasteiger partial charge >= 0.3 is 0 Å². The summed E-state index contributed by atoms with van der Waals surface area (Å²) in [6, 6.07) is 8.70. The number of hydrogen-bond donors (Lipinski definition) is 0. The number of ether oxygens (including phenoxy) is 1. The van der Waals surface area contributed by atoms with E-state index in [0.717, 1.165) is 18.2 Å². The fourth-order valence-corrected chi connectivity index (χ4v) is 3.31. The Kier molecular flexibility index (Phi) is 7.39. The zero-order valence-electron chi connectivity index (χ0n) is 13.0. The molecule has 1 fully saturated rings. The third kappa shape index (κ3) is 4.68. The predicted octanol–water partition coefficient (Wildman–Crippen LogP) is 4.34. The van der Waals surface area contributed by atoms with Crippen molar-refractivity contribution in [3.05, 3.63) is 29.8 Å². The van der Waals surface area contributed by atoms with Gasteiger partial charge in [0.25, 0.3) is 0 Å². The molecule has 3 heteroatoms. The Labute approximate surface area is 129 Å². The van der Waals surface area contributed by atoms with Crippen molar-refractivity contribution in [1.82, 2.24) is 4.90 Å². The number of halogens is 1. The molecule has 1 aromatic carbocycles. The molecule has 0 unspecified atom stereocenters. The average Bonchev–Trinajstić information content (AvgIpc) is 2.46. The highest BCUT2D eigenvalue weighted by atomic mass is 35.5. The maximum atomic E-state index is 5.27. The van der Waals surface area contributed by atoms with Crippen LogP contribution in [0, 0.1) is 5.92 Å². The highest BCUT2D eigenvalue weighted by molar-refractivity contribution is 5.85. The Morgan fingerprint density at radius 2 is 1.70 bits per heavy atom. The van der Waals surface area contributed by atoms with Crippen molar-refractivity contribution in [3.63, 3.8) is 0 Å². The van der Waals surface area contributed by atoms with Crippen molar-refractivity contribution < 1.29 is 4.74 Å². The van der Waals surface area contributed by atoms with Crippen LogP contribution in [0.3, 0.4) is 0 Å². The molecular formula is C17H28ClNO. The molecule has 1 aromatic rings. The summed E-state index contributed by atoms with van der Waals surface area (Å²) in [6.45, 7) is 1.15. The van der Waals surface area contributed by atoms with E-state index >= 15 is 0 Å². The normalized spacial score (nSPS) is 17.6. The van der Waals surface area contributed by atoms with E-state index in [2.05, 4.69) is 43.3 Å². The number of hydrogen-bond acceptors (Lipinski definition) is 2. The molecule has 2 rings (SSSR count). The van der Waals surface area contributed by atoms with Crippen LogP contribution in [-0.2, 0) is 0 Å². The van der Waals surface area contributed by atoms with Crippen LogP contribution in [0.1, 0.15) is 43.6 Å². The summed E-state index contributed by atoms with van der Waals surface area (Å²) in [5.74, 6) is 2.47. The van der Waals surface area contributed by atoms with E-state index in [-0.39, 0.29) is 12.4 Å². The Hall–Kier alpha value is -0.730. The number of likely N-dealkylation sites (N-methyl/N-ethyl adjacent to an activating group) is 1. The van der Waals surface area contributed by atoms with E-state index in [1.54, 1.807) is 7.11 Å². The summed E-state index contributed by atoms with van der Waals surface area (Å²) in [7, 11) is 6.09. The Balaban J connectivity index is 0.00000200. The molecule has 0 radical (unpaired) electrons. The lowest BCUT2D eigenvalue weighted by molar-refractivity contribution is 0.253. The van der Waals surface area contributed by atoms with E-state index < -0.39 is 0 Å². The lowest BCUT2D eigenvalue weighted by atomic mass is 9.76. The highest BCUT2D eigenvalue weighted by Crippen LogP contribution is 2.36. The lowest BCUT2D eigenvalue weighted by Crippen LogP contribution is -2.27. The maximum Gasteiger partial charge on any atom is 0.118 e. The van der Waals surface area contributed by atoms with Crippen LogP contribution in [0.4, 0.5) is 0 Å². The fraction of sp³-hybridized carbons (Fsp3) is 0.647. The van der Waals surface area contributed by atoms with Crippen LogP contribution >= 0.6 is 12.4 Å². The van der Waals surface area contributed by atoms with Crippen LogP contribution in [0.25, 0.3) is 0 Å². The molecule has 1 atom stereocenters. The Bertz CT molecular complexity index is 371. The highest BCUT2D eigenvalue weighted by Gasteiger charge is 2.25. The Morgan fingerprint density at radius 1 is 1.10 bits per heavy atom. The van der Waals surface area contributed by atoms with Gasteiger partial charge in [-0.2, -0.15) is 0 Å². The van der Waals surface area contributed by atoms with Crippen LogP contribution in [0.5, 0.6) is 5.75 Å². The SMILES string of the molecule is COc1ccc([C@H](CN(C)C)C2CCCCC2)cc1.Cl. The van der Waals surface area contributed by atoms with Crippen molar-refractivity contribution >= 4 is 12.4 Å². The zero-order valence-corrected chi connectivity index (χ0v) is 13.8. The van der Waals surface area contributed by atoms with Gasteiger partial charge in [0, 0.05) is 6.54 Å². The van der Waals surface area contributed by atoms with Gasteiger partial charge in [-0.05, 0) is 56.5 Å². The van der Waals surface area contributed by atoms with Gasteiger partial charge in [0.2, 0.25) is 0 Å². The van der Waals surface area contributed by atoms with Gasteiger partial charge in [0.15, 0.2) is 0 Å². The second kappa shape index (κ2) is 8.53. The van der Waals surface area contributed by atoms with Crippen LogP contribution < -0.4 is 4.74 Å². The van der Waals surface area contributed by atoms with Gasteiger partial charge in [-0.15, -0.1) is 12.4 Å². The molecule has 1 aliphatic carbocycles. The maximum absolute atomic E-state index is 5.27. The minimum atomic E-state index is 0. The third-order valence-corrected chi connectivity index (χ3v) is 4.32. The molecule has 0 spiro atoms. The van der Waals surface area contributed by atoms with Gasteiger partial charge in [-0.3, -0.25) is 0 Å². The second-order valence-corrected chi connectivity index (χ2v) is 6.04. The van der Waals surface area contributed by atoms with Gasteiger partial charge in [-0.1, -0.05) is 31.4 Å². The summed E-state index contributed by atoms with van der Waals surface area (Å²) in [4.78, 5) is 2.32. The van der Waals surface area contributed by atoms with Crippen LogP contribution in [0.15, 0.2) is 24.3 Å². The molecule has 2 nitrogen and oxygen atoms in total. The molecule has 1 aliphatic rings. The summed E-state index contributed by atoms with van der Waals surface area (Å²) < 4.78 is 5.27. The molecule has 0 N–H and O–H groups in total. The molecular weight excluding hydrogens is 270 g/mol. The van der Waals surface area contributed by atoms with Crippen molar-refractivity contribution in [2.45, 2.75) is 38.0 Å². The standard InChI is InChI=1S/C17H27NO.ClH/c1-18(2)13-17(14-7-5-4-6-8-14)15-9-11-16(19-3)12-10-15;/h9-12,14,17H,4-8,13H2,1-3H3;1H/t17-;/m1./s1. The molecule has 1 saturated carbocycles. The third-order valence-electron chi connectivity index (χ3n) is 4.32. The average molecular weight is 298 g/mol. The van der Waals surface area contributed by atoms with Gasteiger partial charge in [0.05, 0.1) is 7.11 Å². The number of methoxy groups -OCH3 is 1. The van der Waals surface area contributed by atoms with E-state index in [1.165, 1.54) is 37.7 Å². The topological polar surface area (TPSA) is 12.5 Å². The van der Waals surface area contributed by atoms with Crippen molar-refractivity contribution in [3.8, 4) is 5.75 Å². The quantitative estimate of drug-likeness (QED) is 0.801. The van der Waals surface area contributed by atoms with E-state index in [0.29, 0.717) is 5.92 Å². The van der Waals surface area contributed by atoms with Crippen molar-refractivity contribution in [2.24, 2.45) is 5.92 Å². The Morgan fingerprint density at radius 3 is 2.20 bits per heavy atom. The first-order valence-corrected chi connectivity index (χ1v) is 7.49. The molecule has 0 aromatic heterocycles. The van der Waals surface area contributed by atoms with Crippen molar-refractivity contribution in [2.75, 3.05) is 27.7 Å². The largest absolute Gasteiger partial charge is 0.497 e. The summed E-state index contributed by atoms with van der Waals surface area (Å²) in [5, 5.41) is 0. The molecule has 20 heavy (non-hydrogen) atoms. The van der Waals surface area contributed by atoms with Gasteiger partial charge in [-0.25, -0.2) is 0 Å². The number of nitrogens with zero attached hydrogens (tertiary/aromatic N) is 1. The van der Waals surface area contributed by atoms with Crippen LogP contribution in [0.2, 0.25) is 0 Å². The van der Waals surface area contributed by atoms with Crippen LogP contribution in [-0.4, -0.2) is 32.6 Å². The smallest absolute Gasteiger partial charge is 0.118 e. The molecule has 0 heterocycles. The minimum absolute atomic E-state index is 0. The monoisotopic (exact) mass is 297 g/mol. The second-order valence-electron chi connectivity index (χ2n) is 6.04. The zero-order chi connectivity index (χ0) is 13.7. The predicted molar refractivity (Wildman–Crippen MR) is 88.1 cm³/mol.